The summed E-state index contributed by atoms with van der Waals surface area (Å²) in [6.45, 7) is 2.62. The molecule has 0 bridgehead atoms. The first kappa shape index (κ1) is 14.1. The predicted molar refractivity (Wildman–Crippen MR) is 75.3 cm³/mol. The second-order valence-electron chi connectivity index (χ2n) is 4.76. The average Bonchev–Trinajstić information content (AvgIpc) is 3.12. The third kappa shape index (κ3) is 5.03. The Morgan fingerprint density at radius 3 is 2.95 bits per heavy atom. The molecule has 0 radical (unpaired) electrons. The number of rotatable bonds is 7. The van der Waals surface area contributed by atoms with Crippen molar-refractivity contribution in [1.82, 2.24) is 15.3 Å². The van der Waals surface area contributed by atoms with Crippen LogP contribution >= 0.6 is 11.6 Å². The van der Waals surface area contributed by atoms with E-state index < -0.39 is 0 Å². The average molecular weight is 283 g/mol. The van der Waals surface area contributed by atoms with Gasteiger partial charge in [0.1, 0.15) is 16.8 Å². The van der Waals surface area contributed by atoms with Crippen molar-refractivity contribution in [2.75, 3.05) is 11.9 Å². The third-order valence-electron chi connectivity index (χ3n) is 2.82. The molecule has 1 aromatic heterocycles. The molecule has 1 aliphatic rings. The van der Waals surface area contributed by atoms with Crippen LogP contribution in [0.2, 0.25) is 5.15 Å². The fourth-order valence-corrected chi connectivity index (χ4v) is 1.92. The highest BCUT2D eigenvalue weighted by Crippen LogP contribution is 2.18. The molecule has 1 aromatic rings. The Bertz CT molecular complexity index is 448. The number of nitrogens with zero attached hydrogens (tertiary/aromatic N) is 2. The first-order valence-electron chi connectivity index (χ1n) is 6.74. The molecule has 1 amide bonds. The van der Waals surface area contributed by atoms with E-state index in [9.17, 15) is 4.79 Å². The van der Waals surface area contributed by atoms with Crippen LogP contribution < -0.4 is 10.6 Å². The van der Waals surface area contributed by atoms with Crippen LogP contribution in [0.1, 0.15) is 38.4 Å². The van der Waals surface area contributed by atoms with Gasteiger partial charge in [0, 0.05) is 31.5 Å². The molecule has 1 heterocycles. The second-order valence-corrected chi connectivity index (χ2v) is 5.15. The van der Waals surface area contributed by atoms with E-state index in [0.29, 0.717) is 30.0 Å². The Morgan fingerprint density at radius 1 is 1.47 bits per heavy atom. The number of nitrogens with one attached hydrogen (secondary N) is 2. The molecular formula is C13H19ClN4O. The lowest BCUT2D eigenvalue weighted by atomic mass is 10.3. The van der Waals surface area contributed by atoms with Crippen molar-refractivity contribution >= 4 is 23.3 Å². The van der Waals surface area contributed by atoms with E-state index in [-0.39, 0.29) is 5.91 Å². The summed E-state index contributed by atoms with van der Waals surface area (Å²) in [5.74, 6) is 1.51. The summed E-state index contributed by atoms with van der Waals surface area (Å²) in [5.41, 5.74) is 0. The largest absolute Gasteiger partial charge is 0.369 e. The Balaban J connectivity index is 1.79. The highest BCUT2D eigenvalue weighted by Gasteiger charge is 2.22. The van der Waals surface area contributed by atoms with E-state index in [1.54, 1.807) is 6.07 Å². The van der Waals surface area contributed by atoms with Crippen molar-refractivity contribution in [3.8, 4) is 0 Å². The van der Waals surface area contributed by atoms with Crippen LogP contribution in [0.4, 0.5) is 5.82 Å². The zero-order valence-electron chi connectivity index (χ0n) is 11.1. The standard InChI is InChI=1S/C13H19ClN4O/c1-2-3-11-17-10(14)8-12(18-11)15-7-6-13(19)16-9-4-5-9/h8-9H,2-7H2,1H3,(H,16,19)(H,15,17,18). The van der Waals surface area contributed by atoms with Crippen molar-refractivity contribution < 1.29 is 4.79 Å². The lowest BCUT2D eigenvalue weighted by Crippen LogP contribution is -2.27. The molecule has 1 aliphatic carbocycles. The zero-order valence-corrected chi connectivity index (χ0v) is 11.8. The fourth-order valence-electron chi connectivity index (χ4n) is 1.72. The smallest absolute Gasteiger partial charge is 0.221 e. The summed E-state index contributed by atoms with van der Waals surface area (Å²) >= 11 is 5.93. The molecule has 2 rings (SSSR count). The number of hydrogen-bond donors (Lipinski definition) is 2. The highest BCUT2D eigenvalue weighted by molar-refractivity contribution is 6.29. The van der Waals surface area contributed by atoms with Gasteiger partial charge in [-0.15, -0.1) is 0 Å². The maximum absolute atomic E-state index is 11.5. The minimum absolute atomic E-state index is 0.0870. The Labute approximate surface area is 118 Å². The molecule has 1 fully saturated rings. The molecule has 0 saturated heterocycles. The summed E-state index contributed by atoms with van der Waals surface area (Å²) in [5, 5.41) is 6.49. The van der Waals surface area contributed by atoms with Gasteiger partial charge in [0.15, 0.2) is 0 Å². The summed E-state index contributed by atoms with van der Waals surface area (Å²) in [6.07, 6.45) is 4.45. The van der Waals surface area contributed by atoms with E-state index in [1.807, 2.05) is 0 Å². The predicted octanol–water partition coefficient (Wildman–Crippen LogP) is 2.16. The minimum atomic E-state index is 0.0870. The first-order valence-corrected chi connectivity index (χ1v) is 7.12. The van der Waals surface area contributed by atoms with Crippen molar-refractivity contribution in [1.29, 1.82) is 0 Å². The maximum atomic E-state index is 11.5. The van der Waals surface area contributed by atoms with Gasteiger partial charge in [-0.2, -0.15) is 0 Å². The second kappa shape index (κ2) is 6.70. The minimum Gasteiger partial charge on any atom is -0.369 e. The van der Waals surface area contributed by atoms with Crippen molar-refractivity contribution in [2.45, 2.75) is 45.1 Å². The lowest BCUT2D eigenvalue weighted by molar-refractivity contribution is -0.120. The number of aromatic nitrogens is 2. The molecule has 0 spiro atoms. The molecule has 0 aromatic carbocycles. The van der Waals surface area contributed by atoms with E-state index in [0.717, 1.165) is 31.5 Å². The van der Waals surface area contributed by atoms with Gasteiger partial charge >= 0.3 is 0 Å². The number of carbonyl (C=O) groups is 1. The van der Waals surface area contributed by atoms with E-state index in [4.69, 9.17) is 11.6 Å². The molecule has 1 saturated carbocycles. The number of aryl methyl sites for hydroxylation is 1. The van der Waals surface area contributed by atoms with Gasteiger partial charge in [-0.25, -0.2) is 9.97 Å². The van der Waals surface area contributed by atoms with Crippen LogP contribution in [0, 0.1) is 0 Å². The van der Waals surface area contributed by atoms with Crippen molar-refractivity contribution in [2.24, 2.45) is 0 Å². The molecule has 0 atom stereocenters. The third-order valence-corrected chi connectivity index (χ3v) is 3.01. The van der Waals surface area contributed by atoms with E-state index >= 15 is 0 Å². The van der Waals surface area contributed by atoms with Gasteiger partial charge in [0.25, 0.3) is 0 Å². The summed E-state index contributed by atoms with van der Waals surface area (Å²) in [6, 6.07) is 2.09. The van der Waals surface area contributed by atoms with Crippen molar-refractivity contribution in [3.05, 3.63) is 17.0 Å². The van der Waals surface area contributed by atoms with E-state index in [1.165, 1.54) is 0 Å². The topological polar surface area (TPSA) is 66.9 Å². The molecule has 104 valence electrons. The van der Waals surface area contributed by atoms with Crippen LogP contribution in [0.15, 0.2) is 6.07 Å². The number of anilines is 1. The van der Waals surface area contributed by atoms with Crippen LogP contribution in [-0.4, -0.2) is 28.5 Å². The normalized spacial score (nSPS) is 14.2. The highest BCUT2D eigenvalue weighted by atomic mass is 35.5. The van der Waals surface area contributed by atoms with Gasteiger partial charge in [0.05, 0.1) is 0 Å². The molecule has 5 nitrogen and oxygen atoms in total. The Kier molecular flexibility index (Phi) is 4.96. The number of halogens is 1. The van der Waals surface area contributed by atoms with Gasteiger partial charge < -0.3 is 10.6 Å². The van der Waals surface area contributed by atoms with Gasteiger partial charge in [-0.3, -0.25) is 4.79 Å². The molecule has 2 N–H and O–H groups in total. The number of amides is 1. The van der Waals surface area contributed by atoms with E-state index in [2.05, 4.69) is 27.5 Å². The molecule has 0 aliphatic heterocycles. The van der Waals surface area contributed by atoms with Crippen LogP contribution in [0.5, 0.6) is 0 Å². The van der Waals surface area contributed by atoms with Crippen LogP contribution in [0.3, 0.4) is 0 Å². The molecule has 19 heavy (non-hydrogen) atoms. The SMILES string of the molecule is CCCc1nc(Cl)cc(NCCC(=O)NC2CC2)n1. The molecule has 6 heteroatoms. The fraction of sp³-hybridized carbons (Fsp3) is 0.615. The lowest BCUT2D eigenvalue weighted by Gasteiger charge is -2.08. The van der Waals surface area contributed by atoms with Crippen molar-refractivity contribution in [3.63, 3.8) is 0 Å². The molecule has 0 unspecified atom stereocenters. The van der Waals surface area contributed by atoms with Gasteiger partial charge in [-0.05, 0) is 19.3 Å². The summed E-state index contributed by atoms with van der Waals surface area (Å²) in [4.78, 5) is 20.0. The Morgan fingerprint density at radius 2 is 2.26 bits per heavy atom. The first-order chi connectivity index (χ1) is 9.17. The number of hydrogen-bond acceptors (Lipinski definition) is 4. The van der Waals surface area contributed by atoms with Crippen LogP contribution in [-0.2, 0) is 11.2 Å². The maximum Gasteiger partial charge on any atom is 0.221 e. The molecular weight excluding hydrogens is 264 g/mol. The quantitative estimate of drug-likeness (QED) is 0.752. The van der Waals surface area contributed by atoms with Gasteiger partial charge in [0.2, 0.25) is 5.91 Å². The Hall–Kier alpha value is -1.36. The zero-order chi connectivity index (χ0) is 13.7. The number of carbonyl (C=O) groups excluding carboxylic acids is 1. The van der Waals surface area contributed by atoms with Crippen LogP contribution in [0.25, 0.3) is 0 Å². The van der Waals surface area contributed by atoms with Gasteiger partial charge in [-0.1, -0.05) is 18.5 Å². The summed E-state index contributed by atoms with van der Waals surface area (Å²) < 4.78 is 0. The monoisotopic (exact) mass is 282 g/mol. The summed E-state index contributed by atoms with van der Waals surface area (Å²) in [7, 11) is 0.